The number of fused-ring (bicyclic) bond motifs is 9. The summed E-state index contributed by atoms with van der Waals surface area (Å²) in [5.74, 6) is 0. The molecule has 0 aliphatic heterocycles. The van der Waals surface area contributed by atoms with Crippen LogP contribution in [-0.4, -0.2) is 4.98 Å². The zero-order chi connectivity index (χ0) is 43.7. The van der Waals surface area contributed by atoms with Crippen LogP contribution in [0.5, 0.6) is 0 Å². The van der Waals surface area contributed by atoms with Crippen LogP contribution in [0.4, 0.5) is 17.1 Å². The zero-order valence-corrected chi connectivity index (χ0v) is 36.3. The summed E-state index contributed by atoms with van der Waals surface area (Å²) in [7, 11) is 0. The van der Waals surface area contributed by atoms with Crippen molar-refractivity contribution < 1.29 is 4.42 Å². The topological polar surface area (TPSA) is 32.2 Å². The van der Waals surface area contributed by atoms with Crippen LogP contribution >= 0.6 is 0 Å². The van der Waals surface area contributed by atoms with Gasteiger partial charge in [0.25, 0.3) is 0 Å². The standard InChI is InChI=1S/C63H42N2O/c1-40-18-2-4-20-43(40)57-39-42(36-37-47(57)52-28-16-29-53-48-24-8-12-32-58(48)64-62(52)53)65(59-33-13-9-25-49(59)54-30-17-31-55-51-27-11-15-35-61(51)66-63(54)55)60-34-14-10-26-50(60)56-38-41-19-3-5-21-44(41)45-22-6-7-23-46(45)56/h2-39,64H,1H3. The lowest BCUT2D eigenvalue weighted by molar-refractivity contribution is 0.670. The minimum Gasteiger partial charge on any atom is -0.455 e. The Morgan fingerprint density at radius 1 is 0.348 bits per heavy atom. The quantitative estimate of drug-likeness (QED) is 0.162. The third-order valence-electron chi connectivity index (χ3n) is 13.6. The van der Waals surface area contributed by atoms with Gasteiger partial charge in [0, 0.05) is 55.0 Å². The third-order valence-corrected chi connectivity index (χ3v) is 13.6. The highest BCUT2D eigenvalue weighted by Gasteiger charge is 2.25. The van der Waals surface area contributed by atoms with E-state index in [9.17, 15) is 0 Å². The molecule has 0 fully saturated rings. The summed E-state index contributed by atoms with van der Waals surface area (Å²) in [5, 5.41) is 9.57. The van der Waals surface area contributed by atoms with Crippen molar-refractivity contribution in [3.8, 4) is 44.5 Å². The second-order valence-electron chi connectivity index (χ2n) is 17.3. The SMILES string of the molecule is Cc1ccccc1-c1cc(N(c2ccccc2-c2cc3ccccc3c3ccccc23)c2ccccc2-c2cccc3c2oc2ccccc23)ccc1-c1cccc2c1[nH]c1ccccc12. The van der Waals surface area contributed by atoms with Crippen molar-refractivity contribution in [2.45, 2.75) is 6.92 Å². The molecule has 13 aromatic rings. The van der Waals surface area contributed by atoms with E-state index in [-0.39, 0.29) is 0 Å². The van der Waals surface area contributed by atoms with E-state index in [0.717, 1.165) is 72.3 Å². The van der Waals surface area contributed by atoms with Gasteiger partial charge in [0.15, 0.2) is 0 Å². The number of furan rings is 1. The number of anilines is 3. The highest BCUT2D eigenvalue weighted by molar-refractivity contribution is 6.17. The van der Waals surface area contributed by atoms with Gasteiger partial charge < -0.3 is 14.3 Å². The van der Waals surface area contributed by atoms with Crippen molar-refractivity contribution in [3.63, 3.8) is 0 Å². The van der Waals surface area contributed by atoms with Crippen LogP contribution < -0.4 is 4.90 Å². The third kappa shape index (κ3) is 5.98. The minimum absolute atomic E-state index is 0.877. The first kappa shape index (κ1) is 37.9. The van der Waals surface area contributed by atoms with Crippen molar-refractivity contribution in [1.82, 2.24) is 4.98 Å². The molecule has 0 atom stereocenters. The summed E-state index contributed by atoms with van der Waals surface area (Å²) < 4.78 is 6.76. The highest BCUT2D eigenvalue weighted by atomic mass is 16.3. The van der Waals surface area contributed by atoms with Crippen LogP contribution in [0.15, 0.2) is 235 Å². The number of hydrogen-bond donors (Lipinski definition) is 1. The Bertz CT molecular complexity index is 4040. The van der Waals surface area contributed by atoms with Gasteiger partial charge >= 0.3 is 0 Å². The molecule has 0 unspecified atom stereocenters. The molecule has 0 amide bonds. The summed E-state index contributed by atoms with van der Waals surface area (Å²) in [4.78, 5) is 6.29. The number of aromatic amines is 1. The Balaban J connectivity index is 1.11. The zero-order valence-electron chi connectivity index (χ0n) is 36.3. The summed E-state index contributed by atoms with van der Waals surface area (Å²) in [6, 6.07) is 83.6. The van der Waals surface area contributed by atoms with Gasteiger partial charge in [0.2, 0.25) is 0 Å². The van der Waals surface area contributed by atoms with E-state index in [1.807, 2.05) is 6.07 Å². The average molecular weight is 843 g/mol. The molecule has 2 aromatic heterocycles. The Kier molecular flexibility index (Phi) is 8.75. The molecule has 3 nitrogen and oxygen atoms in total. The molecule has 0 aliphatic carbocycles. The van der Waals surface area contributed by atoms with E-state index in [0.29, 0.717) is 0 Å². The number of hydrogen-bond acceptors (Lipinski definition) is 2. The molecule has 0 saturated carbocycles. The van der Waals surface area contributed by atoms with Gasteiger partial charge in [-0.3, -0.25) is 0 Å². The van der Waals surface area contributed by atoms with Crippen LogP contribution in [0.3, 0.4) is 0 Å². The molecule has 0 radical (unpaired) electrons. The van der Waals surface area contributed by atoms with Crippen LogP contribution in [0.1, 0.15) is 5.56 Å². The Morgan fingerprint density at radius 3 is 1.73 bits per heavy atom. The number of nitrogens with zero attached hydrogens (tertiary/aromatic N) is 1. The van der Waals surface area contributed by atoms with Crippen molar-refractivity contribution in [1.29, 1.82) is 0 Å². The molecule has 1 N–H and O–H groups in total. The van der Waals surface area contributed by atoms with Crippen LogP contribution in [0.2, 0.25) is 0 Å². The van der Waals surface area contributed by atoms with Crippen LogP contribution in [0.25, 0.3) is 110 Å². The summed E-state index contributed by atoms with van der Waals surface area (Å²) in [5.41, 5.74) is 17.5. The van der Waals surface area contributed by atoms with Crippen molar-refractivity contribution in [2.24, 2.45) is 0 Å². The fourth-order valence-electron chi connectivity index (χ4n) is 10.5. The van der Waals surface area contributed by atoms with E-state index < -0.39 is 0 Å². The smallest absolute Gasteiger partial charge is 0.143 e. The van der Waals surface area contributed by atoms with E-state index >= 15 is 0 Å². The maximum atomic E-state index is 6.76. The summed E-state index contributed by atoms with van der Waals surface area (Å²) >= 11 is 0. The van der Waals surface area contributed by atoms with Gasteiger partial charge in [-0.1, -0.05) is 188 Å². The molecule has 0 bridgehead atoms. The lowest BCUT2D eigenvalue weighted by atomic mass is 9.89. The Hall–Kier alpha value is -8.66. The minimum atomic E-state index is 0.877. The number of aromatic nitrogens is 1. The van der Waals surface area contributed by atoms with E-state index in [2.05, 4.69) is 241 Å². The average Bonchev–Trinajstić information content (AvgIpc) is 3.96. The number of para-hydroxylation sites is 6. The Labute approximate surface area is 382 Å². The van der Waals surface area contributed by atoms with Gasteiger partial charge in [0.1, 0.15) is 11.2 Å². The highest BCUT2D eigenvalue weighted by Crippen LogP contribution is 2.50. The van der Waals surface area contributed by atoms with Gasteiger partial charge in [-0.2, -0.15) is 0 Å². The molecule has 11 aromatic carbocycles. The first-order valence-electron chi connectivity index (χ1n) is 22.7. The predicted molar refractivity (Wildman–Crippen MR) is 279 cm³/mol. The molecule has 0 spiro atoms. The van der Waals surface area contributed by atoms with Gasteiger partial charge in [0.05, 0.1) is 16.9 Å². The molecule has 310 valence electrons. The molecule has 66 heavy (non-hydrogen) atoms. The second kappa shape index (κ2) is 15.3. The molecule has 13 rings (SSSR count). The monoisotopic (exact) mass is 842 g/mol. The fraction of sp³-hybridized carbons (Fsp3) is 0.0159. The van der Waals surface area contributed by atoms with Gasteiger partial charge in [-0.05, 0) is 98.8 Å². The van der Waals surface area contributed by atoms with Crippen LogP contribution in [0, 0.1) is 6.92 Å². The number of aryl methyl sites for hydroxylation is 1. The van der Waals surface area contributed by atoms with Crippen molar-refractivity contribution >= 4 is 82.4 Å². The van der Waals surface area contributed by atoms with E-state index in [1.165, 1.54) is 60.1 Å². The molecule has 3 heteroatoms. The molecule has 0 aliphatic rings. The predicted octanol–water partition coefficient (Wildman–Crippen LogP) is 18.0. The first-order chi connectivity index (χ1) is 32.7. The largest absolute Gasteiger partial charge is 0.455 e. The lowest BCUT2D eigenvalue weighted by Crippen LogP contribution is -2.13. The lowest BCUT2D eigenvalue weighted by Gasteiger charge is -2.31. The van der Waals surface area contributed by atoms with E-state index in [1.54, 1.807) is 0 Å². The molecular weight excluding hydrogens is 801 g/mol. The van der Waals surface area contributed by atoms with Crippen molar-refractivity contribution in [2.75, 3.05) is 4.90 Å². The number of nitrogens with one attached hydrogen (secondary N) is 1. The number of H-pyrrole nitrogens is 1. The fourth-order valence-corrected chi connectivity index (χ4v) is 10.5. The van der Waals surface area contributed by atoms with E-state index in [4.69, 9.17) is 4.42 Å². The normalized spacial score (nSPS) is 11.7. The maximum absolute atomic E-state index is 6.76. The summed E-state index contributed by atoms with van der Waals surface area (Å²) in [6.45, 7) is 2.22. The van der Waals surface area contributed by atoms with Gasteiger partial charge in [-0.15, -0.1) is 0 Å². The molecular formula is C63H42N2O. The van der Waals surface area contributed by atoms with Crippen LogP contribution in [-0.2, 0) is 0 Å². The summed E-state index contributed by atoms with van der Waals surface area (Å²) in [6.07, 6.45) is 0. The number of benzene rings is 11. The number of rotatable bonds is 7. The van der Waals surface area contributed by atoms with Gasteiger partial charge in [-0.25, -0.2) is 0 Å². The maximum Gasteiger partial charge on any atom is 0.143 e. The molecule has 2 heterocycles. The Morgan fingerprint density at radius 2 is 0.924 bits per heavy atom. The molecule has 0 saturated heterocycles. The first-order valence-corrected chi connectivity index (χ1v) is 22.7. The van der Waals surface area contributed by atoms with Crippen molar-refractivity contribution in [3.05, 3.63) is 236 Å². The second-order valence-corrected chi connectivity index (χ2v) is 17.3.